The molecule has 0 bridgehead atoms. The first-order chi connectivity index (χ1) is 31.6. The molecule has 0 amide bonds. The Kier molecular flexibility index (Phi) is 10.2. The van der Waals surface area contributed by atoms with E-state index in [-0.39, 0.29) is 28.0 Å². The van der Waals surface area contributed by atoms with Crippen LogP contribution < -0.4 is 24.4 Å². The first-order valence-corrected chi connectivity index (χ1v) is 21.5. The van der Waals surface area contributed by atoms with E-state index in [1.807, 2.05) is 42.6 Å². The summed E-state index contributed by atoms with van der Waals surface area (Å²) in [6.07, 6.45) is 5.57. The standard InChI is InChI=1S/C56H39BN6O.Pt/c1-39-18-16-19-40(2)56(39)57-62(41-20-4-3-5-21-41)53-34-33-44(37-54(53)63(57)55-32-14-15-35-58-55)64-43-23-17-22-42(36-43)59-38-60(50-29-11-10-28-49(50)59)51-30-12-13-31-52(51)61-47-26-8-6-24-45(47)46-25-7-9-27-48(46)61;/h3-35H,1-2H3;/q-2;. The molecule has 0 aliphatic carbocycles. The Morgan fingerprint density at radius 3 is 1.94 bits per heavy atom. The molecule has 0 saturated heterocycles. The molecule has 12 rings (SSSR count). The van der Waals surface area contributed by atoms with E-state index in [0.717, 1.165) is 62.0 Å². The fraction of sp³-hybridized carbons (Fsp3) is 0.0357. The van der Waals surface area contributed by atoms with Gasteiger partial charge in [0, 0.05) is 55.2 Å². The maximum atomic E-state index is 6.72. The summed E-state index contributed by atoms with van der Waals surface area (Å²) < 4.78 is 13.3. The molecule has 4 heterocycles. The minimum absolute atomic E-state index is 0. The maximum absolute atomic E-state index is 6.72. The minimum Gasteiger partial charge on any atom is -0.510 e. The van der Waals surface area contributed by atoms with Crippen LogP contribution in [0.4, 0.5) is 22.9 Å². The van der Waals surface area contributed by atoms with Crippen LogP contribution in [0.15, 0.2) is 200 Å². The summed E-state index contributed by atoms with van der Waals surface area (Å²) in [6.45, 7) is 4.15. The molecule has 7 nitrogen and oxygen atoms in total. The molecule has 0 spiro atoms. The predicted molar refractivity (Wildman–Crippen MR) is 258 cm³/mol. The van der Waals surface area contributed by atoms with E-state index >= 15 is 0 Å². The topological polar surface area (TPSA) is 42.3 Å². The smallest absolute Gasteiger partial charge is 0.409 e. The number of hydrogen-bond acceptors (Lipinski definition) is 4. The van der Waals surface area contributed by atoms with Gasteiger partial charge in [-0.05, 0) is 73.5 Å². The third-order valence-corrected chi connectivity index (χ3v) is 12.3. The van der Waals surface area contributed by atoms with E-state index in [1.54, 1.807) is 0 Å². The zero-order chi connectivity index (χ0) is 42.7. The second-order valence-electron chi connectivity index (χ2n) is 16.1. The second-order valence-corrected chi connectivity index (χ2v) is 16.1. The van der Waals surface area contributed by atoms with Crippen molar-refractivity contribution in [2.45, 2.75) is 13.8 Å². The van der Waals surface area contributed by atoms with Gasteiger partial charge in [0.25, 0.3) is 6.33 Å². The van der Waals surface area contributed by atoms with E-state index in [1.165, 1.54) is 27.4 Å². The average Bonchev–Trinajstić information content (AvgIpc) is 4.00. The van der Waals surface area contributed by atoms with Gasteiger partial charge in [-0.25, -0.2) is 4.98 Å². The SMILES string of the molecule is Cc1cccc(C)c1B1N(c2ccccn2)c2[c-]c(Oc3[c-]c(-n4[c-][n+](-c5ccccc5-n5c6ccccc6c6ccccc65)c5ccccc54)ccc3)ccc2N1c1ccccc1.[Pt]. The largest absolute Gasteiger partial charge is 0.510 e. The van der Waals surface area contributed by atoms with E-state index in [2.05, 4.69) is 213 Å². The predicted octanol–water partition coefficient (Wildman–Crippen LogP) is 11.9. The van der Waals surface area contributed by atoms with Gasteiger partial charge in [0.1, 0.15) is 5.82 Å². The second kappa shape index (κ2) is 16.5. The Hall–Kier alpha value is -7.67. The Labute approximate surface area is 392 Å². The summed E-state index contributed by atoms with van der Waals surface area (Å²) in [5.74, 6) is 1.95. The fourth-order valence-electron chi connectivity index (χ4n) is 9.55. The van der Waals surface area contributed by atoms with Gasteiger partial charge in [0.05, 0.1) is 33.4 Å². The van der Waals surface area contributed by atoms with Gasteiger partial charge >= 0.3 is 6.98 Å². The Bertz CT molecular complexity index is 3480. The summed E-state index contributed by atoms with van der Waals surface area (Å²) >= 11 is 0. The van der Waals surface area contributed by atoms with Gasteiger partial charge in [-0.15, -0.1) is 30.3 Å². The normalized spacial score (nSPS) is 12.2. The molecule has 8 aromatic carbocycles. The molecular weight excluding hydrogens is 979 g/mol. The van der Waals surface area contributed by atoms with Crippen molar-refractivity contribution in [1.82, 2.24) is 14.1 Å². The zero-order valence-electron chi connectivity index (χ0n) is 35.5. The number of pyridine rings is 1. The van der Waals surface area contributed by atoms with Gasteiger partial charge < -0.3 is 23.5 Å². The summed E-state index contributed by atoms with van der Waals surface area (Å²) in [6, 6.07) is 74.6. The van der Waals surface area contributed by atoms with Crippen molar-refractivity contribution in [3.8, 4) is 28.6 Å². The number of aromatic nitrogens is 4. The number of para-hydroxylation sites is 7. The van der Waals surface area contributed by atoms with Crippen LogP contribution in [0.1, 0.15) is 11.1 Å². The van der Waals surface area contributed by atoms with E-state index in [9.17, 15) is 0 Å². The molecule has 0 atom stereocenters. The molecule has 0 radical (unpaired) electrons. The number of hydrogen-bond donors (Lipinski definition) is 0. The minimum atomic E-state index is -0.223. The molecule has 314 valence electrons. The molecule has 9 heteroatoms. The Morgan fingerprint density at radius 2 is 1.18 bits per heavy atom. The van der Waals surface area contributed by atoms with Crippen LogP contribution >= 0.6 is 0 Å². The molecule has 0 N–H and O–H groups in total. The van der Waals surface area contributed by atoms with Gasteiger partial charge in [0.15, 0.2) is 0 Å². The van der Waals surface area contributed by atoms with Crippen LogP contribution in [0, 0.1) is 32.3 Å². The molecule has 1 aliphatic rings. The molecule has 3 aromatic heterocycles. The molecule has 0 fully saturated rings. The van der Waals surface area contributed by atoms with Gasteiger partial charge in [-0.3, -0.25) is 4.57 Å². The van der Waals surface area contributed by atoms with Crippen molar-refractivity contribution in [2.24, 2.45) is 0 Å². The molecule has 0 saturated carbocycles. The molecule has 0 unspecified atom stereocenters. The molecule has 65 heavy (non-hydrogen) atoms. The third kappa shape index (κ3) is 6.72. The summed E-state index contributed by atoms with van der Waals surface area (Å²) in [4.78, 5) is 9.56. The maximum Gasteiger partial charge on any atom is 0.409 e. The number of imidazole rings is 1. The molecular formula is C56H39BN6OPt-2. The Morgan fingerprint density at radius 1 is 0.538 bits per heavy atom. The zero-order valence-corrected chi connectivity index (χ0v) is 37.8. The average molecular weight is 1020 g/mol. The molecule has 1 aliphatic heterocycles. The first-order valence-electron chi connectivity index (χ1n) is 21.5. The van der Waals surface area contributed by atoms with Crippen molar-refractivity contribution in [3.63, 3.8) is 0 Å². The fourth-order valence-corrected chi connectivity index (χ4v) is 9.55. The quantitative estimate of drug-likeness (QED) is 0.0864. The van der Waals surface area contributed by atoms with Crippen LogP contribution in [-0.4, -0.2) is 21.1 Å². The number of aryl methyl sites for hydroxylation is 2. The summed E-state index contributed by atoms with van der Waals surface area (Å²) in [7, 11) is 0. The van der Waals surface area contributed by atoms with Crippen molar-refractivity contribution < 1.29 is 30.4 Å². The monoisotopic (exact) mass is 1020 g/mol. The number of ether oxygens (including phenoxy) is 1. The van der Waals surface area contributed by atoms with Gasteiger partial charge in [-0.2, -0.15) is 12.1 Å². The van der Waals surface area contributed by atoms with Crippen LogP contribution in [0.3, 0.4) is 0 Å². The van der Waals surface area contributed by atoms with E-state index in [4.69, 9.17) is 9.72 Å². The van der Waals surface area contributed by atoms with Crippen molar-refractivity contribution in [2.75, 3.05) is 9.62 Å². The number of rotatable bonds is 8. The van der Waals surface area contributed by atoms with Crippen LogP contribution in [0.2, 0.25) is 0 Å². The number of nitrogens with zero attached hydrogens (tertiary/aromatic N) is 6. The van der Waals surface area contributed by atoms with Crippen molar-refractivity contribution in [1.29, 1.82) is 0 Å². The van der Waals surface area contributed by atoms with Crippen molar-refractivity contribution >= 4 is 68.2 Å². The van der Waals surface area contributed by atoms with Crippen molar-refractivity contribution in [3.05, 3.63) is 230 Å². The first kappa shape index (κ1) is 40.1. The van der Waals surface area contributed by atoms with Gasteiger partial charge in [-0.1, -0.05) is 138 Å². The van der Waals surface area contributed by atoms with Crippen LogP contribution in [0.5, 0.6) is 11.5 Å². The number of benzene rings is 8. The summed E-state index contributed by atoms with van der Waals surface area (Å²) in [5, 5.41) is 2.44. The number of fused-ring (bicyclic) bond motifs is 5. The van der Waals surface area contributed by atoms with E-state index < -0.39 is 0 Å². The third-order valence-electron chi connectivity index (χ3n) is 12.3. The summed E-state index contributed by atoms with van der Waals surface area (Å²) in [5.41, 5.74) is 13.7. The van der Waals surface area contributed by atoms with Gasteiger partial charge in [0.2, 0.25) is 0 Å². The van der Waals surface area contributed by atoms with Crippen LogP contribution in [-0.2, 0) is 21.1 Å². The molecule has 11 aromatic rings. The van der Waals surface area contributed by atoms with E-state index in [0.29, 0.717) is 11.5 Å². The van der Waals surface area contributed by atoms with Crippen LogP contribution in [0.25, 0.3) is 49.9 Å². The Balaban J connectivity index is 0.00000469. The number of anilines is 4.